The highest BCUT2D eigenvalue weighted by molar-refractivity contribution is 6.30. The van der Waals surface area contributed by atoms with Gasteiger partial charge >= 0.3 is 5.97 Å². The van der Waals surface area contributed by atoms with Crippen molar-refractivity contribution in [3.63, 3.8) is 0 Å². The van der Waals surface area contributed by atoms with E-state index in [0.29, 0.717) is 18.1 Å². The van der Waals surface area contributed by atoms with Gasteiger partial charge in [0.15, 0.2) is 0 Å². The smallest absolute Gasteiger partial charge is 0.323 e. The minimum Gasteiger partial charge on any atom is -0.465 e. The van der Waals surface area contributed by atoms with E-state index in [-0.39, 0.29) is 23.9 Å². The molecule has 1 aromatic carbocycles. The molecule has 1 aliphatic rings. The number of carbonyl (C=O) groups excluding carboxylic acids is 1. The molecular formula is C13H15ClFNO2. The molecule has 2 rings (SSSR count). The van der Waals surface area contributed by atoms with Crippen LogP contribution in [0.3, 0.4) is 0 Å². The molecule has 1 N–H and O–H groups in total. The molecule has 1 fully saturated rings. The molecule has 0 aliphatic carbocycles. The van der Waals surface area contributed by atoms with Crippen molar-refractivity contribution >= 4 is 17.6 Å². The minimum absolute atomic E-state index is 0.0485. The summed E-state index contributed by atoms with van der Waals surface area (Å²) in [7, 11) is 0. The van der Waals surface area contributed by atoms with Crippen molar-refractivity contribution in [2.24, 2.45) is 0 Å². The van der Waals surface area contributed by atoms with Crippen LogP contribution in [0.4, 0.5) is 4.39 Å². The highest BCUT2D eigenvalue weighted by atomic mass is 35.5. The van der Waals surface area contributed by atoms with Gasteiger partial charge in [-0.15, -0.1) is 0 Å². The fourth-order valence-corrected chi connectivity index (χ4v) is 2.44. The van der Waals surface area contributed by atoms with Gasteiger partial charge in [-0.2, -0.15) is 0 Å². The molecule has 0 aromatic heterocycles. The summed E-state index contributed by atoms with van der Waals surface area (Å²) < 4.78 is 18.2. The van der Waals surface area contributed by atoms with Crippen LogP contribution in [0.5, 0.6) is 0 Å². The van der Waals surface area contributed by atoms with E-state index < -0.39 is 0 Å². The zero-order valence-corrected chi connectivity index (χ0v) is 10.8. The van der Waals surface area contributed by atoms with Crippen molar-refractivity contribution in [2.45, 2.75) is 31.8 Å². The lowest BCUT2D eigenvalue weighted by atomic mass is 10.1. The summed E-state index contributed by atoms with van der Waals surface area (Å²) in [5, 5.41) is 3.51. The summed E-state index contributed by atoms with van der Waals surface area (Å²) in [6, 6.07) is 4.07. The van der Waals surface area contributed by atoms with Crippen LogP contribution in [0.15, 0.2) is 18.2 Å². The van der Waals surface area contributed by atoms with Crippen LogP contribution in [0, 0.1) is 5.82 Å². The van der Waals surface area contributed by atoms with Gasteiger partial charge in [0, 0.05) is 11.1 Å². The van der Waals surface area contributed by atoms with Crippen molar-refractivity contribution in [3.05, 3.63) is 34.6 Å². The Bertz CT molecular complexity index is 432. The van der Waals surface area contributed by atoms with Gasteiger partial charge < -0.3 is 4.74 Å². The average Bonchev–Trinajstić information content (AvgIpc) is 2.77. The molecule has 5 heteroatoms. The molecule has 98 valence electrons. The van der Waals surface area contributed by atoms with E-state index in [4.69, 9.17) is 16.3 Å². The third-order valence-electron chi connectivity index (χ3n) is 3.00. The molecule has 1 saturated heterocycles. The second-order valence-electron chi connectivity index (χ2n) is 4.30. The van der Waals surface area contributed by atoms with Crippen LogP contribution < -0.4 is 5.32 Å². The van der Waals surface area contributed by atoms with Crippen LogP contribution >= 0.6 is 11.6 Å². The summed E-state index contributed by atoms with van der Waals surface area (Å²) >= 11 is 5.82. The average molecular weight is 272 g/mol. The first kappa shape index (κ1) is 13.3. The third kappa shape index (κ3) is 3.00. The topological polar surface area (TPSA) is 38.3 Å². The maximum Gasteiger partial charge on any atom is 0.323 e. The largest absolute Gasteiger partial charge is 0.465 e. The monoisotopic (exact) mass is 271 g/mol. The van der Waals surface area contributed by atoms with E-state index in [1.165, 1.54) is 12.1 Å². The Hall–Kier alpha value is -1.13. The predicted molar refractivity (Wildman–Crippen MR) is 66.9 cm³/mol. The summed E-state index contributed by atoms with van der Waals surface area (Å²) in [5.41, 5.74) is 0.770. The highest BCUT2D eigenvalue weighted by Crippen LogP contribution is 2.29. The van der Waals surface area contributed by atoms with E-state index in [1.807, 2.05) is 0 Å². The maximum atomic E-state index is 13.3. The zero-order valence-electron chi connectivity index (χ0n) is 10.1. The Morgan fingerprint density at radius 3 is 2.94 bits per heavy atom. The van der Waals surface area contributed by atoms with Gasteiger partial charge in [-0.25, -0.2) is 4.39 Å². The molecule has 0 spiro atoms. The number of rotatable bonds is 3. The lowest BCUT2D eigenvalue weighted by Gasteiger charge is -2.14. The van der Waals surface area contributed by atoms with Gasteiger partial charge in [0.1, 0.15) is 11.9 Å². The number of carbonyl (C=O) groups is 1. The van der Waals surface area contributed by atoms with Gasteiger partial charge in [-0.1, -0.05) is 11.6 Å². The lowest BCUT2D eigenvalue weighted by Crippen LogP contribution is -2.33. The predicted octanol–water partition coefficient (Wildman–Crippen LogP) is 2.84. The van der Waals surface area contributed by atoms with E-state index in [1.54, 1.807) is 13.0 Å². The summed E-state index contributed by atoms with van der Waals surface area (Å²) in [6.45, 7) is 2.14. The molecular weight excluding hydrogens is 257 g/mol. The van der Waals surface area contributed by atoms with Gasteiger partial charge in [-0.05, 0) is 43.5 Å². The Morgan fingerprint density at radius 1 is 1.50 bits per heavy atom. The number of benzene rings is 1. The number of hydrogen-bond acceptors (Lipinski definition) is 3. The standard InChI is InChI=1S/C13H15ClFNO2/c1-2-18-13(17)12-4-3-11(16-12)8-5-9(14)7-10(15)6-8/h5-7,11-12,16H,2-4H2,1H3/t11-,12+/m0/s1. The first-order chi connectivity index (χ1) is 8.60. The van der Waals surface area contributed by atoms with E-state index in [0.717, 1.165) is 12.0 Å². The summed E-state index contributed by atoms with van der Waals surface area (Å²) in [6.07, 6.45) is 1.46. The first-order valence-corrected chi connectivity index (χ1v) is 6.36. The Kier molecular flexibility index (Phi) is 4.19. The fraction of sp³-hybridized carbons (Fsp3) is 0.462. The van der Waals surface area contributed by atoms with Gasteiger partial charge in [0.2, 0.25) is 0 Å². The highest BCUT2D eigenvalue weighted by Gasteiger charge is 2.31. The second-order valence-corrected chi connectivity index (χ2v) is 4.74. The third-order valence-corrected chi connectivity index (χ3v) is 3.22. The normalized spacial score (nSPS) is 23.1. The summed E-state index contributed by atoms with van der Waals surface area (Å²) in [4.78, 5) is 11.6. The fourth-order valence-electron chi connectivity index (χ4n) is 2.21. The molecule has 2 atom stereocenters. The molecule has 0 unspecified atom stereocenters. The quantitative estimate of drug-likeness (QED) is 0.859. The van der Waals surface area contributed by atoms with Crippen LogP contribution in [-0.4, -0.2) is 18.6 Å². The van der Waals surface area contributed by atoms with Crippen molar-refractivity contribution < 1.29 is 13.9 Å². The molecule has 0 amide bonds. The van der Waals surface area contributed by atoms with E-state index >= 15 is 0 Å². The Morgan fingerprint density at radius 2 is 2.28 bits per heavy atom. The van der Waals surface area contributed by atoms with Crippen molar-refractivity contribution in [3.8, 4) is 0 Å². The Balaban J connectivity index is 2.06. The summed E-state index contributed by atoms with van der Waals surface area (Å²) in [5.74, 6) is -0.610. The van der Waals surface area contributed by atoms with Gasteiger partial charge in [0.25, 0.3) is 0 Å². The minimum atomic E-state index is -0.362. The molecule has 1 aliphatic heterocycles. The second kappa shape index (κ2) is 5.67. The number of nitrogens with one attached hydrogen (secondary N) is 1. The van der Waals surface area contributed by atoms with Crippen molar-refractivity contribution in [1.82, 2.24) is 5.32 Å². The van der Waals surface area contributed by atoms with Gasteiger partial charge in [-0.3, -0.25) is 10.1 Å². The number of ether oxygens (including phenoxy) is 1. The number of esters is 1. The van der Waals surface area contributed by atoms with Crippen LogP contribution in [-0.2, 0) is 9.53 Å². The number of halogens is 2. The Labute approximate surface area is 110 Å². The van der Waals surface area contributed by atoms with Crippen molar-refractivity contribution in [2.75, 3.05) is 6.61 Å². The lowest BCUT2D eigenvalue weighted by molar-refractivity contribution is -0.145. The zero-order chi connectivity index (χ0) is 13.1. The van der Waals surface area contributed by atoms with Crippen LogP contribution in [0.2, 0.25) is 5.02 Å². The SMILES string of the molecule is CCOC(=O)[C@H]1CC[C@@H](c2cc(F)cc(Cl)c2)N1. The first-order valence-electron chi connectivity index (χ1n) is 5.99. The molecule has 1 aromatic rings. The van der Waals surface area contributed by atoms with Gasteiger partial charge in [0.05, 0.1) is 6.61 Å². The van der Waals surface area contributed by atoms with Crippen LogP contribution in [0.1, 0.15) is 31.4 Å². The number of hydrogen-bond donors (Lipinski definition) is 1. The maximum absolute atomic E-state index is 13.3. The van der Waals surface area contributed by atoms with Crippen molar-refractivity contribution in [1.29, 1.82) is 0 Å². The molecule has 1 heterocycles. The van der Waals surface area contributed by atoms with Crippen LogP contribution in [0.25, 0.3) is 0 Å². The van der Waals surface area contributed by atoms with E-state index in [2.05, 4.69) is 5.32 Å². The molecule has 3 nitrogen and oxygen atoms in total. The molecule has 0 radical (unpaired) electrons. The molecule has 0 bridgehead atoms. The molecule has 0 saturated carbocycles. The van der Waals surface area contributed by atoms with E-state index in [9.17, 15) is 9.18 Å². The molecule has 18 heavy (non-hydrogen) atoms.